The number of carbonyl (C=O) groups excluding carboxylic acids is 3. The largest absolute Gasteiger partial charge is 0.454 e. The molecule has 0 bridgehead atoms. The number of nitrogens with one attached hydrogen (secondary N) is 2. The molecule has 2 N–H and O–H groups in total. The SMILES string of the molecule is CSc1cccc(NC(=O)COC(=O)C(C)NC(=O)c2ccccc2Cl)c1. The lowest BCUT2D eigenvalue weighted by Gasteiger charge is -2.14. The highest BCUT2D eigenvalue weighted by atomic mass is 35.5. The second kappa shape index (κ2) is 9.99. The molecule has 0 saturated heterocycles. The molecule has 0 aromatic heterocycles. The van der Waals surface area contributed by atoms with Crippen LogP contribution in [0.25, 0.3) is 0 Å². The van der Waals surface area contributed by atoms with Gasteiger partial charge in [-0.25, -0.2) is 4.79 Å². The number of hydrogen-bond acceptors (Lipinski definition) is 5. The second-order valence-electron chi connectivity index (χ2n) is 5.56. The maximum atomic E-state index is 12.1. The first-order valence-corrected chi connectivity index (χ1v) is 9.67. The van der Waals surface area contributed by atoms with Gasteiger partial charge in [0, 0.05) is 10.6 Å². The monoisotopic (exact) mass is 406 g/mol. The summed E-state index contributed by atoms with van der Waals surface area (Å²) in [6, 6.07) is 12.9. The number of esters is 1. The number of carbonyl (C=O) groups is 3. The van der Waals surface area contributed by atoms with Gasteiger partial charge in [0.1, 0.15) is 6.04 Å². The van der Waals surface area contributed by atoms with Gasteiger partial charge in [-0.3, -0.25) is 9.59 Å². The fourth-order valence-electron chi connectivity index (χ4n) is 2.14. The lowest BCUT2D eigenvalue weighted by atomic mass is 10.2. The molecule has 1 atom stereocenters. The highest BCUT2D eigenvalue weighted by molar-refractivity contribution is 7.98. The van der Waals surface area contributed by atoms with E-state index in [2.05, 4.69) is 10.6 Å². The third-order valence-corrected chi connectivity index (χ3v) is 4.57. The van der Waals surface area contributed by atoms with Gasteiger partial charge in [-0.15, -0.1) is 11.8 Å². The summed E-state index contributed by atoms with van der Waals surface area (Å²) < 4.78 is 4.96. The van der Waals surface area contributed by atoms with Crippen LogP contribution in [0.5, 0.6) is 0 Å². The van der Waals surface area contributed by atoms with E-state index in [0.29, 0.717) is 5.69 Å². The first-order valence-electron chi connectivity index (χ1n) is 8.06. The van der Waals surface area contributed by atoms with E-state index in [1.54, 1.807) is 42.1 Å². The molecular weight excluding hydrogens is 388 g/mol. The van der Waals surface area contributed by atoms with Gasteiger partial charge in [0.15, 0.2) is 6.61 Å². The van der Waals surface area contributed by atoms with Crippen molar-refractivity contribution in [3.63, 3.8) is 0 Å². The summed E-state index contributed by atoms with van der Waals surface area (Å²) in [6.07, 6.45) is 1.93. The summed E-state index contributed by atoms with van der Waals surface area (Å²) in [5.41, 5.74) is 0.869. The Balaban J connectivity index is 1.82. The Morgan fingerprint density at radius 1 is 1.15 bits per heavy atom. The summed E-state index contributed by atoms with van der Waals surface area (Å²) in [5, 5.41) is 5.42. The van der Waals surface area contributed by atoms with E-state index in [0.717, 1.165) is 4.90 Å². The Kier molecular flexibility index (Phi) is 7.69. The van der Waals surface area contributed by atoms with Crippen molar-refractivity contribution >= 4 is 46.8 Å². The van der Waals surface area contributed by atoms with Crippen molar-refractivity contribution in [2.75, 3.05) is 18.2 Å². The normalized spacial score (nSPS) is 11.4. The third-order valence-electron chi connectivity index (χ3n) is 3.52. The van der Waals surface area contributed by atoms with Gasteiger partial charge < -0.3 is 15.4 Å². The Bertz CT molecular complexity index is 844. The first-order chi connectivity index (χ1) is 12.9. The topological polar surface area (TPSA) is 84.5 Å². The Hall–Kier alpha value is -2.51. The van der Waals surface area contributed by atoms with Crippen LogP contribution in [-0.2, 0) is 14.3 Å². The summed E-state index contributed by atoms with van der Waals surface area (Å²) in [6.45, 7) is 1.02. The molecule has 2 rings (SSSR count). The number of amides is 2. The van der Waals surface area contributed by atoms with Gasteiger partial charge in [-0.1, -0.05) is 29.8 Å². The molecule has 0 heterocycles. The standard InChI is InChI=1S/C19H19ClN2O4S/c1-12(21-18(24)15-8-3-4-9-16(15)20)19(25)26-11-17(23)22-13-6-5-7-14(10-13)27-2/h3-10,12H,11H2,1-2H3,(H,21,24)(H,22,23). The van der Waals surface area contributed by atoms with Crippen molar-refractivity contribution < 1.29 is 19.1 Å². The predicted octanol–water partition coefficient (Wildman–Crippen LogP) is 3.36. The smallest absolute Gasteiger partial charge is 0.328 e. The molecule has 0 saturated carbocycles. The van der Waals surface area contributed by atoms with E-state index in [4.69, 9.17) is 16.3 Å². The molecule has 0 spiro atoms. The predicted molar refractivity (Wildman–Crippen MR) is 106 cm³/mol. The zero-order valence-corrected chi connectivity index (χ0v) is 16.4. The average molecular weight is 407 g/mol. The molecule has 2 amide bonds. The summed E-state index contributed by atoms with van der Waals surface area (Å²) in [5.74, 6) is -1.68. The fourth-order valence-corrected chi connectivity index (χ4v) is 2.82. The van der Waals surface area contributed by atoms with Crippen molar-refractivity contribution in [3.05, 3.63) is 59.1 Å². The highest BCUT2D eigenvalue weighted by Crippen LogP contribution is 2.19. The summed E-state index contributed by atoms with van der Waals surface area (Å²) >= 11 is 7.50. The minimum Gasteiger partial charge on any atom is -0.454 e. The minimum absolute atomic E-state index is 0.255. The minimum atomic E-state index is -0.929. The van der Waals surface area contributed by atoms with E-state index in [-0.39, 0.29) is 10.6 Å². The Morgan fingerprint density at radius 2 is 1.89 bits per heavy atom. The van der Waals surface area contributed by atoms with Crippen LogP contribution in [0, 0.1) is 0 Å². The molecule has 1 unspecified atom stereocenters. The van der Waals surface area contributed by atoms with Crippen molar-refractivity contribution in [2.24, 2.45) is 0 Å². The fraction of sp³-hybridized carbons (Fsp3) is 0.211. The lowest BCUT2D eigenvalue weighted by molar-refractivity contribution is -0.148. The molecule has 0 fully saturated rings. The molecular formula is C19H19ClN2O4S. The molecule has 0 aliphatic carbocycles. The van der Waals surface area contributed by atoms with Gasteiger partial charge in [0.25, 0.3) is 11.8 Å². The van der Waals surface area contributed by atoms with E-state index >= 15 is 0 Å². The summed E-state index contributed by atoms with van der Waals surface area (Å²) in [7, 11) is 0. The van der Waals surface area contributed by atoms with E-state index in [1.807, 2.05) is 24.5 Å². The van der Waals surface area contributed by atoms with Crippen LogP contribution < -0.4 is 10.6 Å². The molecule has 2 aromatic carbocycles. The van der Waals surface area contributed by atoms with Crippen molar-refractivity contribution in [2.45, 2.75) is 17.9 Å². The average Bonchev–Trinajstić information content (AvgIpc) is 2.66. The molecule has 27 heavy (non-hydrogen) atoms. The van der Waals surface area contributed by atoms with Gasteiger partial charge >= 0.3 is 5.97 Å². The van der Waals surface area contributed by atoms with Crippen molar-refractivity contribution in [1.82, 2.24) is 5.32 Å². The third kappa shape index (κ3) is 6.30. The maximum Gasteiger partial charge on any atom is 0.328 e. The van der Waals surface area contributed by atoms with E-state index in [1.165, 1.54) is 6.92 Å². The van der Waals surface area contributed by atoms with Gasteiger partial charge in [-0.05, 0) is 43.5 Å². The molecule has 8 heteroatoms. The molecule has 142 valence electrons. The second-order valence-corrected chi connectivity index (χ2v) is 6.85. The van der Waals surface area contributed by atoms with Crippen LogP contribution in [0.15, 0.2) is 53.4 Å². The number of benzene rings is 2. The van der Waals surface area contributed by atoms with Crippen molar-refractivity contribution in [1.29, 1.82) is 0 Å². The van der Waals surface area contributed by atoms with Crippen molar-refractivity contribution in [3.8, 4) is 0 Å². The number of halogens is 1. The number of anilines is 1. The Labute approximate surface area is 166 Å². The van der Waals surface area contributed by atoms with Crippen LogP contribution in [0.4, 0.5) is 5.69 Å². The first kappa shape index (κ1) is 20.8. The molecule has 0 radical (unpaired) electrons. The van der Waals surface area contributed by atoms with Gasteiger partial charge in [-0.2, -0.15) is 0 Å². The molecule has 6 nitrogen and oxygen atoms in total. The van der Waals surface area contributed by atoms with Crippen LogP contribution in [-0.4, -0.2) is 36.7 Å². The zero-order chi connectivity index (χ0) is 19.8. The number of rotatable bonds is 7. The molecule has 0 aliphatic heterocycles. The van der Waals surface area contributed by atoms with Gasteiger partial charge in [0.05, 0.1) is 10.6 Å². The number of ether oxygens (including phenoxy) is 1. The van der Waals surface area contributed by atoms with Crippen LogP contribution in [0.2, 0.25) is 5.02 Å². The van der Waals surface area contributed by atoms with E-state index in [9.17, 15) is 14.4 Å². The van der Waals surface area contributed by atoms with Gasteiger partial charge in [0.2, 0.25) is 0 Å². The lowest BCUT2D eigenvalue weighted by Crippen LogP contribution is -2.40. The summed E-state index contributed by atoms with van der Waals surface area (Å²) in [4.78, 5) is 37.1. The van der Waals surface area contributed by atoms with Crippen LogP contribution in [0.3, 0.4) is 0 Å². The highest BCUT2D eigenvalue weighted by Gasteiger charge is 2.20. The molecule has 2 aromatic rings. The van der Waals surface area contributed by atoms with Crippen LogP contribution in [0.1, 0.15) is 17.3 Å². The Morgan fingerprint density at radius 3 is 2.59 bits per heavy atom. The quantitative estimate of drug-likeness (QED) is 0.544. The number of hydrogen-bond donors (Lipinski definition) is 2. The van der Waals surface area contributed by atoms with E-state index < -0.39 is 30.4 Å². The molecule has 0 aliphatic rings. The maximum absolute atomic E-state index is 12.1. The number of thioether (sulfide) groups is 1. The zero-order valence-electron chi connectivity index (χ0n) is 14.8. The van der Waals surface area contributed by atoms with Crippen LogP contribution >= 0.6 is 23.4 Å².